The van der Waals surface area contributed by atoms with Gasteiger partial charge in [0, 0.05) is 5.69 Å². The van der Waals surface area contributed by atoms with E-state index in [0.717, 1.165) is 5.69 Å². The van der Waals surface area contributed by atoms with E-state index in [-0.39, 0.29) is 12.0 Å². The number of hydrogen-bond acceptors (Lipinski definition) is 3. The molecule has 0 bridgehead atoms. The van der Waals surface area contributed by atoms with Crippen molar-refractivity contribution in [3.8, 4) is 5.75 Å². The summed E-state index contributed by atoms with van der Waals surface area (Å²) in [6, 6.07) is 9.03. The highest BCUT2D eigenvalue weighted by Crippen LogP contribution is 2.25. The van der Waals surface area contributed by atoms with E-state index in [9.17, 15) is 4.79 Å². The Morgan fingerprint density at radius 2 is 2.11 bits per heavy atom. The average molecular weight is 259 g/mol. The number of H-pyrrole nitrogens is 1. The number of carbonyl (C=O) groups excluding carboxylic acids is 1. The Labute approximate surface area is 112 Å². The van der Waals surface area contributed by atoms with Crippen LogP contribution in [0.5, 0.6) is 5.75 Å². The Kier molecular flexibility index (Phi) is 3.85. The standard InChI is InChI=1S/C14H17N3O2/c1-9(2)19-13-7-5-4-6-11(13)15-14(18)12-8-10(3)16-17-12/h4-9H,1-3H3,(H,15,18)(H,16,17). The van der Waals surface area contributed by atoms with Gasteiger partial charge in [-0.25, -0.2) is 0 Å². The number of anilines is 1. The largest absolute Gasteiger partial charge is 0.489 e. The summed E-state index contributed by atoms with van der Waals surface area (Å²) in [5, 5.41) is 9.46. The van der Waals surface area contributed by atoms with Crippen molar-refractivity contribution in [2.75, 3.05) is 5.32 Å². The number of nitrogens with zero attached hydrogens (tertiary/aromatic N) is 1. The number of amides is 1. The molecule has 2 rings (SSSR count). The number of ether oxygens (including phenoxy) is 1. The molecule has 1 heterocycles. The maximum atomic E-state index is 12.0. The van der Waals surface area contributed by atoms with Gasteiger partial charge < -0.3 is 10.1 Å². The summed E-state index contributed by atoms with van der Waals surface area (Å²) in [4.78, 5) is 12.0. The van der Waals surface area contributed by atoms with Crippen LogP contribution in [0.4, 0.5) is 5.69 Å². The summed E-state index contributed by atoms with van der Waals surface area (Å²) in [7, 11) is 0. The van der Waals surface area contributed by atoms with Crippen LogP contribution in [0.1, 0.15) is 30.0 Å². The van der Waals surface area contributed by atoms with Gasteiger partial charge in [0.1, 0.15) is 5.75 Å². The van der Waals surface area contributed by atoms with Crippen LogP contribution in [0, 0.1) is 6.92 Å². The van der Waals surface area contributed by atoms with Gasteiger partial charge in [-0.05, 0) is 39.0 Å². The highest BCUT2D eigenvalue weighted by Gasteiger charge is 2.12. The third kappa shape index (κ3) is 3.34. The van der Waals surface area contributed by atoms with E-state index in [4.69, 9.17) is 4.74 Å². The zero-order chi connectivity index (χ0) is 13.8. The van der Waals surface area contributed by atoms with Gasteiger partial charge in [0.2, 0.25) is 0 Å². The lowest BCUT2D eigenvalue weighted by Gasteiger charge is -2.14. The maximum Gasteiger partial charge on any atom is 0.276 e. The smallest absolute Gasteiger partial charge is 0.276 e. The number of aromatic amines is 1. The minimum Gasteiger partial charge on any atom is -0.489 e. The number of aryl methyl sites for hydroxylation is 1. The van der Waals surface area contributed by atoms with Crippen molar-refractivity contribution in [1.82, 2.24) is 10.2 Å². The van der Waals surface area contributed by atoms with Crippen LogP contribution in [0.15, 0.2) is 30.3 Å². The lowest BCUT2D eigenvalue weighted by atomic mass is 10.2. The van der Waals surface area contributed by atoms with Crippen molar-refractivity contribution in [2.24, 2.45) is 0 Å². The summed E-state index contributed by atoms with van der Waals surface area (Å²) >= 11 is 0. The first-order chi connectivity index (χ1) is 9.06. The first-order valence-electron chi connectivity index (χ1n) is 6.15. The molecule has 0 fully saturated rings. The van der Waals surface area contributed by atoms with E-state index in [1.165, 1.54) is 0 Å². The molecule has 0 aliphatic heterocycles. The molecule has 5 nitrogen and oxygen atoms in total. The molecule has 1 aromatic heterocycles. The zero-order valence-electron chi connectivity index (χ0n) is 11.2. The van der Waals surface area contributed by atoms with E-state index >= 15 is 0 Å². The molecule has 0 atom stereocenters. The lowest BCUT2D eigenvalue weighted by molar-refractivity contribution is 0.102. The molecule has 2 N–H and O–H groups in total. The van der Waals surface area contributed by atoms with Crippen LogP contribution >= 0.6 is 0 Å². The molecule has 0 saturated carbocycles. The molecule has 100 valence electrons. The second kappa shape index (κ2) is 5.56. The molecule has 0 aliphatic carbocycles. The van der Waals surface area contributed by atoms with Gasteiger partial charge in [-0.1, -0.05) is 12.1 Å². The van der Waals surface area contributed by atoms with Crippen molar-refractivity contribution < 1.29 is 9.53 Å². The lowest BCUT2D eigenvalue weighted by Crippen LogP contribution is -2.14. The molecular weight excluding hydrogens is 242 g/mol. The van der Waals surface area contributed by atoms with Crippen LogP contribution in [0.25, 0.3) is 0 Å². The number of rotatable bonds is 4. The van der Waals surface area contributed by atoms with E-state index in [2.05, 4.69) is 15.5 Å². The van der Waals surface area contributed by atoms with Gasteiger partial charge >= 0.3 is 0 Å². The molecular formula is C14H17N3O2. The predicted molar refractivity (Wildman–Crippen MR) is 73.5 cm³/mol. The Bertz CT molecular complexity index is 576. The van der Waals surface area contributed by atoms with E-state index in [1.54, 1.807) is 12.1 Å². The Morgan fingerprint density at radius 1 is 1.37 bits per heavy atom. The topological polar surface area (TPSA) is 67.0 Å². The molecule has 0 saturated heterocycles. The van der Waals surface area contributed by atoms with Gasteiger partial charge in [-0.15, -0.1) is 0 Å². The molecule has 0 unspecified atom stereocenters. The SMILES string of the molecule is Cc1cc(C(=O)Nc2ccccc2OC(C)C)n[nH]1. The first-order valence-corrected chi connectivity index (χ1v) is 6.15. The molecule has 1 aromatic carbocycles. The second-order valence-electron chi connectivity index (χ2n) is 4.55. The number of para-hydroxylation sites is 2. The van der Waals surface area contributed by atoms with Gasteiger partial charge in [0.25, 0.3) is 5.91 Å². The second-order valence-corrected chi connectivity index (χ2v) is 4.55. The molecule has 0 radical (unpaired) electrons. The number of nitrogens with one attached hydrogen (secondary N) is 2. The number of aromatic nitrogens is 2. The monoisotopic (exact) mass is 259 g/mol. The van der Waals surface area contributed by atoms with E-state index in [0.29, 0.717) is 17.1 Å². The Morgan fingerprint density at radius 3 is 2.74 bits per heavy atom. The minimum absolute atomic E-state index is 0.0469. The van der Waals surface area contributed by atoms with Crippen LogP contribution in [0.2, 0.25) is 0 Å². The van der Waals surface area contributed by atoms with Crippen molar-refractivity contribution in [3.63, 3.8) is 0 Å². The fourth-order valence-electron chi connectivity index (χ4n) is 1.65. The number of benzene rings is 1. The van der Waals surface area contributed by atoms with Crippen molar-refractivity contribution in [2.45, 2.75) is 26.9 Å². The average Bonchev–Trinajstić information content (AvgIpc) is 2.78. The van der Waals surface area contributed by atoms with Crippen molar-refractivity contribution in [3.05, 3.63) is 41.7 Å². The van der Waals surface area contributed by atoms with Gasteiger partial charge in [0.05, 0.1) is 11.8 Å². The van der Waals surface area contributed by atoms with Gasteiger partial charge in [0.15, 0.2) is 5.69 Å². The Hall–Kier alpha value is -2.30. The molecule has 2 aromatic rings. The molecule has 0 spiro atoms. The summed E-state index contributed by atoms with van der Waals surface area (Å²) < 4.78 is 5.64. The van der Waals surface area contributed by atoms with E-state index < -0.39 is 0 Å². The maximum absolute atomic E-state index is 12.0. The van der Waals surface area contributed by atoms with Crippen molar-refractivity contribution in [1.29, 1.82) is 0 Å². The normalized spacial score (nSPS) is 10.5. The third-order valence-corrected chi connectivity index (χ3v) is 2.44. The van der Waals surface area contributed by atoms with Crippen LogP contribution in [-0.4, -0.2) is 22.2 Å². The van der Waals surface area contributed by atoms with Crippen LogP contribution in [-0.2, 0) is 0 Å². The molecule has 19 heavy (non-hydrogen) atoms. The quantitative estimate of drug-likeness (QED) is 0.887. The van der Waals surface area contributed by atoms with Crippen molar-refractivity contribution >= 4 is 11.6 Å². The molecule has 1 amide bonds. The summed E-state index contributed by atoms with van der Waals surface area (Å²) in [5.74, 6) is 0.391. The Balaban J connectivity index is 2.16. The molecule has 5 heteroatoms. The van der Waals surface area contributed by atoms with Gasteiger partial charge in [-0.3, -0.25) is 9.89 Å². The fraction of sp³-hybridized carbons (Fsp3) is 0.286. The number of carbonyl (C=O) groups is 1. The van der Waals surface area contributed by atoms with Crippen LogP contribution in [0.3, 0.4) is 0 Å². The van der Waals surface area contributed by atoms with E-state index in [1.807, 2.05) is 39.0 Å². The number of hydrogen-bond donors (Lipinski definition) is 2. The van der Waals surface area contributed by atoms with Crippen LogP contribution < -0.4 is 10.1 Å². The first kappa shape index (κ1) is 13.1. The fourth-order valence-corrected chi connectivity index (χ4v) is 1.65. The highest BCUT2D eigenvalue weighted by molar-refractivity contribution is 6.03. The molecule has 0 aliphatic rings. The minimum atomic E-state index is -0.260. The third-order valence-electron chi connectivity index (χ3n) is 2.44. The highest BCUT2D eigenvalue weighted by atomic mass is 16.5. The predicted octanol–water partition coefficient (Wildman–Crippen LogP) is 2.76. The zero-order valence-corrected chi connectivity index (χ0v) is 11.2. The van der Waals surface area contributed by atoms with Gasteiger partial charge in [-0.2, -0.15) is 5.10 Å². The summed E-state index contributed by atoms with van der Waals surface area (Å²) in [5.41, 5.74) is 1.84. The summed E-state index contributed by atoms with van der Waals surface area (Å²) in [6.07, 6.45) is 0.0469. The summed E-state index contributed by atoms with van der Waals surface area (Å²) in [6.45, 7) is 5.73.